The Morgan fingerprint density at radius 1 is 1.29 bits per heavy atom. The van der Waals surface area contributed by atoms with Crippen LogP contribution in [0.1, 0.15) is 25.7 Å². The van der Waals surface area contributed by atoms with Crippen molar-refractivity contribution in [1.82, 2.24) is 0 Å². The first-order valence-electron chi connectivity index (χ1n) is 7.27. The van der Waals surface area contributed by atoms with Crippen LogP contribution in [0, 0.1) is 0 Å². The minimum absolute atomic E-state index is 0.0902. The van der Waals surface area contributed by atoms with Gasteiger partial charge in [0.05, 0.1) is 23.4 Å². The molecule has 1 aliphatic heterocycles. The van der Waals surface area contributed by atoms with Crippen molar-refractivity contribution < 1.29 is 23.0 Å². The average molecular weight is 314 g/mol. The molecule has 2 atom stereocenters. The van der Waals surface area contributed by atoms with Crippen molar-refractivity contribution in [3.63, 3.8) is 0 Å². The molecule has 0 aromatic heterocycles. The summed E-state index contributed by atoms with van der Waals surface area (Å²) in [5, 5.41) is 9.85. The van der Waals surface area contributed by atoms with Gasteiger partial charge in [0.2, 0.25) is 0 Å². The van der Waals surface area contributed by atoms with Gasteiger partial charge in [0.25, 0.3) is 0 Å². The van der Waals surface area contributed by atoms with Gasteiger partial charge in [0.15, 0.2) is 16.1 Å². The molecule has 2 rings (SSSR count). The first-order chi connectivity index (χ1) is 10.1. The molecule has 1 heterocycles. The van der Waals surface area contributed by atoms with Gasteiger partial charge in [0.1, 0.15) is 0 Å². The fourth-order valence-corrected chi connectivity index (χ4v) is 3.57. The van der Waals surface area contributed by atoms with Gasteiger partial charge in [0, 0.05) is 6.61 Å². The summed E-state index contributed by atoms with van der Waals surface area (Å²) in [4.78, 5) is 0.286. The molecule has 0 spiro atoms. The molecule has 0 saturated carbocycles. The van der Waals surface area contributed by atoms with E-state index in [1.54, 1.807) is 30.3 Å². The summed E-state index contributed by atoms with van der Waals surface area (Å²) in [6.07, 6.45) is 2.02. The van der Waals surface area contributed by atoms with E-state index < -0.39 is 15.9 Å². The Kier molecular flexibility index (Phi) is 6.17. The molecule has 1 aromatic rings. The maximum absolute atomic E-state index is 12.1. The van der Waals surface area contributed by atoms with Gasteiger partial charge in [-0.05, 0) is 37.8 Å². The smallest absolute Gasteiger partial charge is 0.178 e. The molecule has 1 aliphatic rings. The highest BCUT2D eigenvalue weighted by molar-refractivity contribution is 7.91. The van der Waals surface area contributed by atoms with E-state index in [0.717, 1.165) is 19.3 Å². The van der Waals surface area contributed by atoms with Gasteiger partial charge < -0.3 is 14.6 Å². The van der Waals surface area contributed by atoms with Crippen LogP contribution in [0.15, 0.2) is 35.2 Å². The molecule has 1 unspecified atom stereocenters. The molecule has 1 saturated heterocycles. The first kappa shape index (κ1) is 16.4. The van der Waals surface area contributed by atoms with E-state index >= 15 is 0 Å². The van der Waals surface area contributed by atoms with E-state index in [0.29, 0.717) is 6.61 Å². The Bertz CT molecular complexity index is 508. The van der Waals surface area contributed by atoms with Crippen LogP contribution in [0.2, 0.25) is 0 Å². The molecule has 118 valence electrons. The number of ether oxygens (including phenoxy) is 2. The molecule has 21 heavy (non-hydrogen) atoms. The molecule has 6 heteroatoms. The van der Waals surface area contributed by atoms with E-state index in [2.05, 4.69) is 0 Å². The van der Waals surface area contributed by atoms with Crippen molar-refractivity contribution in [2.75, 3.05) is 19.0 Å². The highest BCUT2D eigenvalue weighted by Crippen LogP contribution is 2.15. The van der Waals surface area contributed by atoms with Crippen molar-refractivity contribution in [3.05, 3.63) is 30.3 Å². The summed E-state index contributed by atoms with van der Waals surface area (Å²) >= 11 is 0. The van der Waals surface area contributed by atoms with E-state index in [1.165, 1.54) is 0 Å². The maximum atomic E-state index is 12.1. The summed E-state index contributed by atoms with van der Waals surface area (Å²) in [7, 11) is -3.35. The van der Waals surface area contributed by atoms with Gasteiger partial charge in [-0.3, -0.25) is 0 Å². The number of sulfone groups is 1. The third kappa shape index (κ3) is 5.39. The Morgan fingerprint density at radius 3 is 2.71 bits per heavy atom. The average Bonchev–Trinajstić information content (AvgIpc) is 2.53. The number of aliphatic hydroxyl groups excluding tert-OH is 1. The molecule has 0 bridgehead atoms. The molecule has 1 N–H and O–H groups in total. The molecule has 0 amide bonds. The molecule has 5 nitrogen and oxygen atoms in total. The number of hydrogen-bond acceptors (Lipinski definition) is 5. The molecular weight excluding hydrogens is 292 g/mol. The zero-order valence-corrected chi connectivity index (χ0v) is 12.8. The van der Waals surface area contributed by atoms with Gasteiger partial charge in [-0.1, -0.05) is 18.2 Å². The second-order valence-electron chi connectivity index (χ2n) is 5.20. The Labute approximate surface area is 125 Å². The van der Waals surface area contributed by atoms with Crippen LogP contribution >= 0.6 is 0 Å². The van der Waals surface area contributed by atoms with Crippen LogP contribution in [0.5, 0.6) is 0 Å². The Balaban J connectivity index is 1.74. The van der Waals surface area contributed by atoms with Crippen molar-refractivity contribution in [1.29, 1.82) is 0 Å². The van der Waals surface area contributed by atoms with Crippen molar-refractivity contribution in [3.8, 4) is 0 Å². The van der Waals surface area contributed by atoms with E-state index in [4.69, 9.17) is 9.47 Å². The Morgan fingerprint density at radius 2 is 2.05 bits per heavy atom. The minimum Gasteiger partial charge on any atom is -0.391 e. The number of aliphatic hydroxyl groups is 1. The Hall–Kier alpha value is -0.950. The zero-order valence-electron chi connectivity index (χ0n) is 12.0. The predicted octanol–water partition coefficient (Wildman–Crippen LogP) is 1.75. The summed E-state index contributed by atoms with van der Waals surface area (Å²) < 4.78 is 35.0. The monoisotopic (exact) mass is 314 g/mol. The predicted molar refractivity (Wildman–Crippen MR) is 78.7 cm³/mol. The second kappa shape index (κ2) is 7.89. The minimum atomic E-state index is -3.35. The van der Waals surface area contributed by atoms with Gasteiger partial charge in [-0.25, -0.2) is 8.42 Å². The van der Waals surface area contributed by atoms with Crippen LogP contribution in [0.25, 0.3) is 0 Å². The standard InChI is InChI=1S/C15H22O5S/c16-13(12-20-15-8-4-5-10-19-15)9-11-21(17,18)14-6-2-1-3-7-14/h1-3,6-7,13,15-16H,4-5,8-12H2/t13-,15?/m0/s1. The largest absolute Gasteiger partial charge is 0.391 e. The lowest BCUT2D eigenvalue weighted by atomic mass is 10.2. The second-order valence-corrected chi connectivity index (χ2v) is 7.31. The highest BCUT2D eigenvalue weighted by atomic mass is 32.2. The first-order valence-corrected chi connectivity index (χ1v) is 8.92. The van der Waals surface area contributed by atoms with Gasteiger partial charge >= 0.3 is 0 Å². The molecule has 1 fully saturated rings. The number of benzene rings is 1. The molecule has 0 aliphatic carbocycles. The lowest BCUT2D eigenvalue weighted by molar-refractivity contribution is -0.175. The summed E-state index contributed by atoms with van der Waals surface area (Å²) in [5.41, 5.74) is 0. The fourth-order valence-electron chi connectivity index (χ4n) is 2.18. The van der Waals surface area contributed by atoms with E-state index in [-0.39, 0.29) is 30.0 Å². The maximum Gasteiger partial charge on any atom is 0.178 e. The molecule has 0 radical (unpaired) electrons. The van der Waals surface area contributed by atoms with Crippen LogP contribution in [-0.2, 0) is 19.3 Å². The summed E-state index contributed by atoms with van der Waals surface area (Å²) in [6, 6.07) is 8.27. The van der Waals surface area contributed by atoms with Gasteiger partial charge in [-0.15, -0.1) is 0 Å². The van der Waals surface area contributed by atoms with Crippen LogP contribution < -0.4 is 0 Å². The van der Waals surface area contributed by atoms with Crippen molar-refractivity contribution in [2.45, 2.75) is 43.0 Å². The van der Waals surface area contributed by atoms with Crippen LogP contribution in [0.3, 0.4) is 0 Å². The topological polar surface area (TPSA) is 72.8 Å². The SMILES string of the molecule is O=S(=O)(CC[C@H](O)COC1CCCCO1)c1ccccc1. The number of rotatable bonds is 7. The molecular formula is C15H22O5S. The highest BCUT2D eigenvalue weighted by Gasteiger charge is 2.19. The summed E-state index contributed by atoms with van der Waals surface area (Å²) in [5.74, 6) is -0.0902. The zero-order chi connectivity index (χ0) is 15.1. The lowest BCUT2D eigenvalue weighted by Crippen LogP contribution is -2.28. The van der Waals surface area contributed by atoms with Crippen LogP contribution in [-0.4, -0.2) is 44.9 Å². The quantitative estimate of drug-likeness (QED) is 0.830. The third-order valence-corrected chi connectivity index (χ3v) is 5.20. The van der Waals surface area contributed by atoms with Crippen LogP contribution in [0.4, 0.5) is 0 Å². The third-order valence-electron chi connectivity index (χ3n) is 3.43. The molecule has 1 aromatic carbocycles. The number of hydrogen-bond donors (Lipinski definition) is 1. The summed E-state index contributed by atoms with van der Waals surface area (Å²) in [6.45, 7) is 0.790. The van der Waals surface area contributed by atoms with E-state index in [9.17, 15) is 13.5 Å². The normalized spacial score (nSPS) is 21.1. The fraction of sp³-hybridized carbons (Fsp3) is 0.600. The van der Waals surface area contributed by atoms with Crippen molar-refractivity contribution >= 4 is 9.84 Å². The van der Waals surface area contributed by atoms with Gasteiger partial charge in [-0.2, -0.15) is 0 Å². The van der Waals surface area contributed by atoms with E-state index in [1.807, 2.05) is 0 Å². The van der Waals surface area contributed by atoms with Crippen molar-refractivity contribution in [2.24, 2.45) is 0 Å². The lowest BCUT2D eigenvalue weighted by Gasteiger charge is -2.23.